The van der Waals surface area contributed by atoms with Crippen molar-refractivity contribution in [1.82, 2.24) is 0 Å². The van der Waals surface area contributed by atoms with Gasteiger partial charge in [0.2, 0.25) is 0 Å². The predicted octanol–water partition coefficient (Wildman–Crippen LogP) is 3.92. The van der Waals surface area contributed by atoms with Crippen LogP contribution in [0.1, 0.15) is 39.2 Å². The second-order valence-corrected chi connectivity index (χ2v) is 6.53. The summed E-state index contributed by atoms with van der Waals surface area (Å²) >= 11 is 5.99. The Morgan fingerprint density at radius 1 is 1.40 bits per heavy atom. The number of nitrogens with one attached hydrogen (secondary N) is 1. The minimum Gasteiger partial charge on any atom is -0.444 e. The van der Waals surface area contributed by atoms with Gasteiger partial charge in [0.1, 0.15) is 11.9 Å². The van der Waals surface area contributed by atoms with Crippen LogP contribution in [0.15, 0.2) is 18.2 Å². The summed E-state index contributed by atoms with van der Waals surface area (Å²) in [6, 6.07) is 5.11. The van der Waals surface area contributed by atoms with E-state index in [2.05, 4.69) is 5.32 Å². The van der Waals surface area contributed by atoms with Crippen molar-refractivity contribution >= 4 is 29.7 Å². The number of benzene rings is 1. The minimum absolute atomic E-state index is 0.505. The van der Waals surface area contributed by atoms with Gasteiger partial charge in [-0.25, -0.2) is 4.79 Å². The van der Waals surface area contributed by atoms with E-state index in [1.807, 2.05) is 0 Å². The van der Waals surface area contributed by atoms with E-state index < -0.39 is 17.1 Å². The van der Waals surface area contributed by atoms with Crippen molar-refractivity contribution in [2.75, 3.05) is 5.32 Å². The standard InChI is InChI=1S/C15H18ClNO3/c1-14(2,3)20-13(19)17-12-5-4-10(16)8-11(12)15(9-18)6-7-15/h4-5,8-9H,6-7H2,1-3H3,(H,17,19). The van der Waals surface area contributed by atoms with Crippen LogP contribution >= 0.6 is 11.6 Å². The monoisotopic (exact) mass is 295 g/mol. The molecule has 2 rings (SSSR count). The normalized spacial score (nSPS) is 16.4. The molecule has 1 amide bonds. The van der Waals surface area contributed by atoms with Crippen LogP contribution in [0, 0.1) is 0 Å². The van der Waals surface area contributed by atoms with Crippen molar-refractivity contribution in [3.8, 4) is 0 Å². The molecule has 1 aromatic rings. The zero-order valence-electron chi connectivity index (χ0n) is 11.8. The first kappa shape index (κ1) is 14.9. The summed E-state index contributed by atoms with van der Waals surface area (Å²) in [6.45, 7) is 5.38. The lowest BCUT2D eigenvalue weighted by Gasteiger charge is -2.21. The van der Waals surface area contributed by atoms with Gasteiger partial charge in [-0.1, -0.05) is 11.6 Å². The lowest BCUT2D eigenvalue weighted by Crippen LogP contribution is -2.28. The number of rotatable bonds is 3. The molecule has 1 saturated carbocycles. The smallest absolute Gasteiger partial charge is 0.412 e. The van der Waals surface area contributed by atoms with E-state index in [-0.39, 0.29) is 0 Å². The van der Waals surface area contributed by atoms with E-state index in [9.17, 15) is 9.59 Å². The summed E-state index contributed by atoms with van der Waals surface area (Å²) in [5.41, 5.74) is 0.257. The zero-order valence-corrected chi connectivity index (χ0v) is 12.6. The third-order valence-corrected chi connectivity index (χ3v) is 3.40. The van der Waals surface area contributed by atoms with Gasteiger partial charge in [0.25, 0.3) is 0 Å². The van der Waals surface area contributed by atoms with Crippen LogP contribution in [0.2, 0.25) is 5.02 Å². The molecule has 1 N–H and O–H groups in total. The Labute approximate surface area is 123 Å². The van der Waals surface area contributed by atoms with Gasteiger partial charge < -0.3 is 9.53 Å². The predicted molar refractivity (Wildman–Crippen MR) is 78.3 cm³/mol. The summed E-state index contributed by atoms with van der Waals surface area (Å²) in [7, 11) is 0. The van der Waals surface area contributed by atoms with E-state index in [1.54, 1.807) is 39.0 Å². The van der Waals surface area contributed by atoms with Gasteiger partial charge in [-0.05, 0) is 57.4 Å². The summed E-state index contributed by atoms with van der Waals surface area (Å²) in [5.74, 6) is 0. The van der Waals surface area contributed by atoms with Crippen LogP contribution < -0.4 is 5.32 Å². The van der Waals surface area contributed by atoms with Crippen molar-refractivity contribution in [2.24, 2.45) is 0 Å². The number of hydrogen-bond acceptors (Lipinski definition) is 3. The zero-order chi connectivity index (χ0) is 15.0. The molecule has 1 fully saturated rings. The SMILES string of the molecule is CC(C)(C)OC(=O)Nc1ccc(Cl)cc1C1(C=O)CC1. The highest BCUT2D eigenvalue weighted by atomic mass is 35.5. The third-order valence-electron chi connectivity index (χ3n) is 3.17. The topological polar surface area (TPSA) is 55.4 Å². The number of anilines is 1. The second-order valence-electron chi connectivity index (χ2n) is 6.09. The highest BCUT2D eigenvalue weighted by Gasteiger charge is 2.46. The fourth-order valence-corrected chi connectivity index (χ4v) is 2.21. The Morgan fingerprint density at radius 3 is 2.55 bits per heavy atom. The first-order chi connectivity index (χ1) is 9.26. The molecule has 0 atom stereocenters. The van der Waals surface area contributed by atoms with Crippen molar-refractivity contribution in [2.45, 2.75) is 44.6 Å². The van der Waals surface area contributed by atoms with Gasteiger partial charge in [0.15, 0.2) is 0 Å². The average molecular weight is 296 g/mol. The van der Waals surface area contributed by atoms with E-state index in [0.29, 0.717) is 10.7 Å². The van der Waals surface area contributed by atoms with E-state index >= 15 is 0 Å². The van der Waals surface area contributed by atoms with Crippen LogP contribution in [-0.4, -0.2) is 18.0 Å². The van der Waals surface area contributed by atoms with E-state index in [0.717, 1.165) is 24.7 Å². The van der Waals surface area contributed by atoms with Crippen LogP contribution in [-0.2, 0) is 14.9 Å². The number of carbonyl (C=O) groups excluding carboxylic acids is 2. The van der Waals surface area contributed by atoms with Gasteiger partial charge >= 0.3 is 6.09 Å². The maximum absolute atomic E-state index is 11.8. The molecule has 1 aliphatic rings. The van der Waals surface area contributed by atoms with Crippen molar-refractivity contribution in [1.29, 1.82) is 0 Å². The summed E-state index contributed by atoms with van der Waals surface area (Å²) < 4.78 is 5.22. The lowest BCUT2D eigenvalue weighted by molar-refractivity contribution is -0.109. The highest BCUT2D eigenvalue weighted by molar-refractivity contribution is 6.30. The maximum atomic E-state index is 11.8. The molecule has 0 unspecified atom stereocenters. The van der Waals surface area contributed by atoms with Gasteiger partial charge in [0, 0.05) is 10.7 Å². The van der Waals surface area contributed by atoms with Crippen molar-refractivity contribution < 1.29 is 14.3 Å². The van der Waals surface area contributed by atoms with E-state index in [4.69, 9.17) is 16.3 Å². The van der Waals surface area contributed by atoms with Gasteiger partial charge in [0.05, 0.1) is 5.41 Å². The molecular formula is C15H18ClNO3. The molecule has 4 nitrogen and oxygen atoms in total. The number of halogens is 1. The van der Waals surface area contributed by atoms with Gasteiger partial charge in [-0.2, -0.15) is 0 Å². The second kappa shape index (κ2) is 5.09. The number of aldehydes is 1. The van der Waals surface area contributed by atoms with Crippen LogP contribution in [0.4, 0.5) is 10.5 Å². The fraction of sp³-hybridized carbons (Fsp3) is 0.467. The Morgan fingerprint density at radius 2 is 2.05 bits per heavy atom. The lowest BCUT2D eigenvalue weighted by atomic mass is 9.96. The summed E-state index contributed by atoms with van der Waals surface area (Å²) in [6.07, 6.45) is 1.95. The molecule has 1 aliphatic carbocycles. The third kappa shape index (κ3) is 3.31. The van der Waals surface area contributed by atoms with Gasteiger partial charge in [-0.15, -0.1) is 0 Å². The number of carbonyl (C=O) groups is 2. The first-order valence-electron chi connectivity index (χ1n) is 6.52. The number of ether oxygens (including phenoxy) is 1. The number of amides is 1. The average Bonchev–Trinajstić information content (AvgIpc) is 3.10. The fourth-order valence-electron chi connectivity index (χ4n) is 2.04. The molecule has 0 radical (unpaired) electrons. The minimum atomic E-state index is -0.571. The first-order valence-corrected chi connectivity index (χ1v) is 6.90. The molecule has 20 heavy (non-hydrogen) atoms. The summed E-state index contributed by atoms with van der Waals surface area (Å²) in [5, 5.41) is 3.24. The molecule has 0 heterocycles. The molecule has 0 aromatic heterocycles. The molecule has 0 saturated heterocycles. The molecule has 0 bridgehead atoms. The van der Waals surface area contributed by atoms with Crippen LogP contribution in [0.25, 0.3) is 0 Å². The Hall–Kier alpha value is -1.55. The van der Waals surface area contributed by atoms with Crippen LogP contribution in [0.5, 0.6) is 0 Å². The van der Waals surface area contributed by atoms with Crippen LogP contribution in [0.3, 0.4) is 0 Å². The number of hydrogen-bond donors (Lipinski definition) is 1. The van der Waals surface area contributed by atoms with Gasteiger partial charge in [-0.3, -0.25) is 5.32 Å². The van der Waals surface area contributed by atoms with Crippen molar-refractivity contribution in [3.05, 3.63) is 28.8 Å². The molecule has 1 aromatic carbocycles. The molecular weight excluding hydrogens is 278 g/mol. The largest absolute Gasteiger partial charge is 0.444 e. The van der Waals surface area contributed by atoms with Crippen molar-refractivity contribution in [3.63, 3.8) is 0 Å². The summed E-state index contributed by atoms with van der Waals surface area (Å²) in [4.78, 5) is 23.1. The maximum Gasteiger partial charge on any atom is 0.412 e. The quantitative estimate of drug-likeness (QED) is 0.860. The molecule has 108 valence electrons. The molecule has 0 aliphatic heterocycles. The van der Waals surface area contributed by atoms with E-state index in [1.165, 1.54) is 0 Å². The highest BCUT2D eigenvalue weighted by Crippen LogP contribution is 2.49. The molecule has 5 heteroatoms. The Balaban J connectivity index is 2.24. The Bertz CT molecular complexity index is 545. The Kier molecular flexibility index (Phi) is 3.78. The molecule has 0 spiro atoms.